The van der Waals surface area contributed by atoms with Crippen molar-refractivity contribution < 1.29 is 14.7 Å². The second kappa shape index (κ2) is 8.72. The van der Waals surface area contributed by atoms with Crippen LogP contribution in [0, 0.1) is 5.92 Å². The summed E-state index contributed by atoms with van der Waals surface area (Å²) in [6.45, 7) is 0.451. The van der Waals surface area contributed by atoms with Gasteiger partial charge in [-0.2, -0.15) is 0 Å². The number of carbonyl (C=O) groups excluding carboxylic acids is 1. The van der Waals surface area contributed by atoms with Crippen molar-refractivity contribution in [3.05, 3.63) is 40.4 Å². The summed E-state index contributed by atoms with van der Waals surface area (Å²) in [5, 5.41) is 14.6. The van der Waals surface area contributed by atoms with E-state index in [0.29, 0.717) is 19.4 Å². The third-order valence-electron chi connectivity index (χ3n) is 3.97. The van der Waals surface area contributed by atoms with Crippen LogP contribution in [-0.2, 0) is 4.79 Å². The second-order valence-corrected chi connectivity index (χ2v) is 6.61. The number of rotatable bonds is 5. The van der Waals surface area contributed by atoms with Crippen molar-refractivity contribution in [2.75, 3.05) is 6.54 Å². The molecule has 0 aliphatic heterocycles. The Bertz CT molecular complexity index is 564. The van der Waals surface area contributed by atoms with Crippen LogP contribution in [-0.4, -0.2) is 29.7 Å². The number of carboxylic acid groups (broad SMARTS) is 1. The third kappa shape index (κ3) is 6.06. The third-order valence-corrected chi connectivity index (χ3v) is 4.50. The molecule has 0 bridgehead atoms. The van der Waals surface area contributed by atoms with Gasteiger partial charge in [-0.1, -0.05) is 40.2 Å². The molecule has 2 rings (SSSR count). The monoisotopic (exact) mass is 380 g/mol. The highest BCUT2D eigenvalue weighted by atomic mass is 79.9. The summed E-state index contributed by atoms with van der Waals surface area (Å²) in [6, 6.07) is 7.77. The van der Waals surface area contributed by atoms with Crippen molar-refractivity contribution in [1.29, 1.82) is 0 Å². The SMILES string of the molecule is O=C(NC/C=C/c1ccc(Br)cc1)NC1CCC(C(=O)O)CC1. The largest absolute Gasteiger partial charge is 0.481 e. The van der Waals surface area contributed by atoms with Gasteiger partial charge in [-0.25, -0.2) is 4.79 Å². The average Bonchev–Trinajstić information content (AvgIpc) is 2.54. The normalized spacial score (nSPS) is 21.1. The predicted octanol–water partition coefficient (Wildman–Crippen LogP) is 3.40. The molecule has 6 heteroatoms. The maximum Gasteiger partial charge on any atom is 0.315 e. The molecule has 1 fully saturated rings. The fraction of sp³-hybridized carbons (Fsp3) is 0.412. The number of carboxylic acids is 1. The minimum atomic E-state index is -0.731. The van der Waals surface area contributed by atoms with E-state index in [9.17, 15) is 9.59 Å². The van der Waals surface area contributed by atoms with Crippen molar-refractivity contribution in [2.24, 2.45) is 5.92 Å². The van der Waals surface area contributed by atoms with Crippen molar-refractivity contribution in [3.8, 4) is 0 Å². The molecule has 2 amide bonds. The highest BCUT2D eigenvalue weighted by Gasteiger charge is 2.26. The lowest BCUT2D eigenvalue weighted by atomic mass is 9.86. The van der Waals surface area contributed by atoms with Gasteiger partial charge in [0.25, 0.3) is 0 Å². The maximum absolute atomic E-state index is 11.8. The van der Waals surface area contributed by atoms with Crippen LogP contribution < -0.4 is 10.6 Å². The number of amides is 2. The Kier molecular flexibility index (Phi) is 6.65. The number of halogens is 1. The van der Waals surface area contributed by atoms with Crippen LogP contribution in [0.5, 0.6) is 0 Å². The molecule has 5 nitrogen and oxygen atoms in total. The Hall–Kier alpha value is -1.82. The number of benzene rings is 1. The molecule has 3 N–H and O–H groups in total. The van der Waals surface area contributed by atoms with Crippen LogP contribution in [0.25, 0.3) is 6.08 Å². The molecule has 1 saturated carbocycles. The Morgan fingerprint density at radius 1 is 1.17 bits per heavy atom. The molecule has 0 spiro atoms. The molecule has 0 atom stereocenters. The molecule has 0 radical (unpaired) electrons. The van der Waals surface area contributed by atoms with Gasteiger partial charge in [0.15, 0.2) is 0 Å². The van der Waals surface area contributed by atoms with Crippen molar-refractivity contribution in [3.63, 3.8) is 0 Å². The lowest BCUT2D eigenvalue weighted by molar-refractivity contribution is -0.142. The Morgan fingerprint density at radius 2 is 1.83 bits per heavy atom. The van der Waals surface area contributed by atoms with Gasteiger partial charge in [0.2, 0.25) is 0 Å². The highest BCUT2D eigenvalue weighted by molar-refractivity contribution is 9.10. The van der Waals surface area contributed by atoms with Crippen LogP contribution >= 0.6 is 15.9 Å². The minimum absolute atomic E-state index is 0.0704. The Labute approximate surface area is 144 Å². The average molecular weight is 381 g/mol. The molecule has 1 aliphatic rings. The molecule has 0 unspecified atom stereocenters. The maximum atomic E-state index is 11.8. The second-order valence-electron chi connectivity index (χ2n) is 5.70. The van der Waals surface area contributed by atoms with Gasteiger partial charge in [-0.3, -0.25) is 4.79 Å². The lowest BCUT2D eigenvalue weighted by Gasteiger charge is -2.26. The molecule has 1 aromatic carbocycles. The van der Waals surface area contributed by atoms with Gasteiger partial charge in [0.1, 0.15) is 0 Å². The van der Waals surface area contributed by atoms with Crippen LogP contribution in [0.1, 0.15) is 31.2 Å². The highest BCUT2D eigenvalue weighted by Crippen LogP contribution is 2.24. The van der Waals surface area contributed by atoms with E-state index in [1.165, 1.54) is 0 Å². The standard InChI is InChI=1S/C17H21BrN2O3/c18-14-7-3-12(4-8-14)2-1-11-19-17(23)20-15-9-5-13(6-10-15)16(21)22/h1-4,7-8,13,15H,5-6,9-11H2,(H,21,22)(H2,19,20,23)/b2-1+. The Balaban J connectivity index is 1.65. The van der Waals surface area contributed by atoms with Gasteiger partial charge in [0, 0.05) is 17.1 Å². The summed E-state index contributed by atoms with van der Waals surface area (Å²) < 4.78 is 1.03. The molecule has 0 aromatic heterocycles. The van der Waals surface area contributed by atoms with E-state index in [2.05, 4.69) is 26.6 Å². The minimum Gasteiger partial charge on any atom is -0.481 e. The van der Waals surface area contributed by atoms with E-state index in [1.54, 1.807) is 0 Å². The van der Waals surface area contributed by atoms with E-state index in [-0.39, 0.29) is 18.0 Å². The fourth-order valence-corrected chi connectivity index (χ4v) is 2.91. The predicted molar refractivity (Wildman–Crippen MR) is 93.1 cm³/mol. The van der Waals surface area contributed by atoms with Gasteiger partial charge in [-0.05, 0) is 43.4 Å². The summed E-state index contributed by atoms with van der Waals surface area (Å²) in [5.74, 6) is -0.990. The molecule has 1 aromatic rings. The summed E-state index contributed by atoms with van der Waals surface area (Å²) >= 11 is 3.38. The molecule has 124 valence electrons. The summed E-state index contributed by atoms with van der Waals surface area (Å²) in [5.41, 5.74) is 1.07. The summed E-state index contributed by atoms with van der Waals surface area (Å²) in [6.07, 6.45) is 6.54. The zero-order valence-corrected chi connectivity index (χ0v) is 14.4. The number of hydrogen-bond donors (Lipinski definition) is 3. The fourth-order valence-electron chi connectivity index (χ4n) is 2.64. The van der Waals surface area contributed by atoms with Crippen LogP contribution in [0.15, 0.2) is 34.8 Å². The number of aliphatic carboxylic acids is 1. The topological polar surface area (TPSA) is 78.4 Å². The Morgan fingerprint density at radius 3 is 2.43 bits per heavy atom. The molecular formula is C17H21BrN2O3. The molecule has 0 heterocycles. The van der Waals surface area contributed by atoms with Crippen molar-refractivity contribution in [1.82, 2.24) is 10.6 Å². The van der Waals surface area contributed by atoms with E-state index < -0.39 is 5.97 Å². The zero-order valence-electron chi connectivity index (χ0n) is 12.8. The first kappa shape index (κ1) is 17.5. The molecular weight excluding hydrogens is 360 g/mol. The van der Waals surface area contributed by atoms with Gasteiger partial charge in [0.05, 0.1) is 5.92 Å². The first-order valence-corrected chi connectivity index (χ1v) is 8.53. The summed E-state index contributed by atoms with van der Waals surface area (Å²) in [4.78, 5) is 22.7. The first-order valence-electron chi connectivity index (χ1n) is 7.74. The zero-order chi connectivity index (χ0) is 16.7. The number of urea groups is 1. The van der Waals surface area contributed by atoms with E-state index in [0.717, 1.165) is 22.9 Å². The van der Waals surface area contributed by atoms with Gasteiger partial charge in [-0.15, -0.1) is 0 Å². The van der Waals surface area contributed by atoms with Crippen LogP contribution in [0.2, 0.25) is 0 Å². The molecule has 1 aliphatic carbocycles. The number of carbonyl (C=O) groups is 2. The van der Waals surface area contributed by atoms with E-state index >= 15 is 0 Å². The first-order chi connectivity index (χ1) is 11.0. The van der Waals surface area contributed by atoms with Crippen molar-refractivity contribution >= 4 is 34.0 Å². The van der Waals surface area contributed by atoms with Gasteiger partial charge >= 0.3 is 12.0 Å². The van der Waals surface area contributed by atoms with Crippen LogP contribution in [0.3, 0.4) is 0 Å². The number of nitrogens with one attached hydrogen (secondary N) is 2. The molecule has 0 saturated heterocycles. The van der Waals surface area contributed by atoms with Crippen LogP contribution in [0.4, 0.5) is 4.79 Å². The summed E-state index contributed by atoms with van der Waals surface area (Å²) in [7, 11) is 0. The van der Waals surface area contributed by atoms with E-state index in [4.69, 9.17) is 5.11 Å². The van der Waals surface area contributed by atoms with Gasteiger partial charge < -0.3 is 15.7 Å². The smallest absolute Gasteiger partial charge is 0.315 e. The quantitative estimate of drug-likeness (QED) is 0.732. The van der Waals surface area contributed by atoms with Crippen molar-refractivity contribution in [2.45, 2.75) is 31.7 Å². The number of hydrogen-bond acceptors (Lipinski definition) is 2. The molecule has 23 heavy (non-hydrogen) atoms. The van der Waals surface area contributed by atoms with E-state index in [1.807, 2.05) is 36.4 Å². The lowest BCUT2D eigenvalue weighted by Crippen LogP contribution is -2.44.